The number of aryl methyl sites for hydroxylation is 1. The second-order valence-corrected chi connectivity index (χ2v) is 2.59. The molecule has 70 valence electrons. The molecule has 0 aliphatic carbocycles. The van der Waals surface area contributed by atoms with Crippen molar-refractivity contribution in [3.05, 3.63) is 22.6 Å². The molecule has 0 saturated heterocycles. The predicted molar refractivity (Wildman–Crippen MR) is 44.8 cm³/mol. The van der Waals surface area contributed by atoms with Gasteiger partial charge in [0.2, 0.25) is 5.75 Å². The fraction of sp³-hybridized carbons (Fsp3) is 0.250. The summed E-state index contributed by atoms with van der Waals surface area (Å²) in [7, 11) is 1.17. The van der Waals surface area contributed by atoms with Crippen LogP contribution in [0.25, 0.3) is 0 Å². The van der Waals surface area contributed by atoms with Crippen LogP contribution in [0.15, 0.2) is 12.1 Å². The van der Waals surface area contributed by atoms with Crippen LogP contribution < -0.4 is 0 Å². The highest BCUT2D eigenvalue weighted by Crippen LogP contribution is 2.35. The van der Waals surface area contributed by atoms with Crippen LogP contribution >= 0.6 is 0 Å². The summed E-state index contributed by atoms with van der Waals surface area (Å²) in [6, 6.07) is 2.76. The zero-order valence-electron chi connectivity index (χ0n) is 7.31. The van der Waals surface area contributed by atoms with Gasteiger partial charge in [-0.3, -0.25) is 0 Å². The smallest absolute Gasteiger partial charge is 0.362 e. The standard InChI is InChI=1S/C8H9NO4/c1-5-3-6(9(12)13-2)8(11)7(10)4-5/h3-4H,1-2H3,(H-,10,11,12)/p+1. The Kier molecular flexibility index (Phi) is 2.36. The molecule has 1 aromatic carbocycles. The molecule has 0 saturated carbocycles. The van der Waals surface area contributed by atoms with Crippen LogP contribution in [0.4, 0.5) is 5.69 Å². The molecule has 1 aromatic rings. The Hall–Kier alpha value is -1.78. The molecule has 5 nitrogen and oxygen atoms in total. The molecule has 5 heteroatoms. The quantitative estimate of drug-likeness (QED) is 0.538. The predicted octanol–water partition coefficient (Wildman–Crippen LogP) is 1.38. The van der Waals surface area contributed by atoms with E-state index in [0.717, 1.165) is 0 Å². The molecule has 1 rings (SSSR count). The summed E-state index contributed by atoms with van der Waals surface area (Å²) >= 11 is 0. The fourth-order valence-electron chi connectivity index (χ4n) is 0.978. The number of hydrogen-bond donors (Lipinski definition) is 2. The lowest BCUT2D eigenvalue weighted by Gasteiger charge is -1.98. The molecule has 0 radical (unpaired) electrons. The van der Waals surface area contributed by atoms with Gasteiger partial charge in [0.05, 0.1) is 4.91 Å². The third-order valence-electron chi connectivity index (χ3n) is 1.58. The van der Waals surface area contributed by atoms with Gasteiger partial charge in [-0.15, -0.1) is 0 Å². The Labute approximate surface area is 74.7 Å². The SMILES string of the molecule is CO[N+](=O)c1cc(C)cc(O)c1O. The van der Waals surface area contributed by atoms with Crippen LogP contribution in [0.3, 0.4) is 0 Å². The molecule has 0 unspecified atom stereocenters. The van der Waals surface area contributed by atoms with Gasteiger partial charge >= 0.3 is 5.69 Å². The number of benzene rings is 1. The van der Waals surface area contributed by atoms with E-state index in [1.54, 1.807) is 6.92 Å². The molecule has 0 aliphatic heterocycles. The third kappa shape index (κ3) is 1.69. The summed E-state index contributed by atoms with van der Waals surface area (Å²) in [5, 5.41) is 18.4. The first-order valence-electron chi connectivity index (χ1n) is 3.60. The van der Waals surface area contributed by atoms with Gasteiger partial charge in [-0.1, -0.05) is 0 Å². The van der Waals surface area contributed by atoms with Crippen molar-refractivity contribution in [1.82, 2.24) is 0 Å². The third-order valence-corrected chi connectivity index (χ3v) is 1.58. The summed E-state index contributed by atoms with van der Waals surface area (Å²) in [6.07, 6.45) is 0. The van der Waals surface area contributed by atoms with Crippen LogP contribution in [-0.4, -0.2) is 22.2 Å². The lowest BCUT2D eigenvalue weighted by Crippen LogP contribution is -1.98. The van der Waals surface area contributed by atoms with E-state index in [1.165, 1.54) is 19.2 Å². The Morgan fingerprint density at radius 1 is 1.38 bits per heavy atom. The van der Waals surface area contributed by atoms with Gasteiger partial charge < -0.3 is 10.2 Å². The first kappa shape index (κ1) is 9.31. The van der Waals surface area contributed by atoms with Crippen molar-refractivity contribution >= 4 is 5.69 Å². The first-order chi connectivity index (χ1) is 6.06. The minimum absolute atomic E-state index is 0.111. The highest BCUT2D eigenvalue weighted by Gasteiger charge is 2.23. The van der Waals surface area contributed by atoms with Crippen molar-refractivity contribution in [3.8, 4) is 11.5 Å². The van der Waals surface area contributed by atoms with Crippen molar-refractivity contribution in [2.75, 3.05) is 7.11 Å². The number of nitrogens with zero attached hydrogens (tertiary/aromatic N) is 1. The molecule has 0 aliphatic rings. The highest BCUT2D eigenvalue weighted by molar-refractivity contribution is 5.55. The number of phenols is 2. The van der Waals surface area contributed by atoms with Crippen molar-refractivity contribution in [2.24, 2.45) is 0 Å². The van der Waals surface area contributed by atoms with E-state index in [0.29, 0.717) is 5.56 Å². The molecular formula is C8H10NO4+. The largest absolute Gasteiger partial charge is 0.504 e. The fourth-order valence-corrected chi connectivity index (χ4v) is 0.978. The summed E-state index contributed by atoms with van der Waals surface area (Å²) < 4.78 is 0. The molecule has 0 heterocycles. The maximum atomic E-state index is 11.0. The van der Waals surface area contributed by atoms with E-state index in [9.17, 15) is 10.0 Å². The molecule has 2 N–H and O–H groups in total. The van der Waals surface area contributed by atoms with Gasteiger partial charge in [0.1, 0.15) is 0 Å². The summed E-state index contributed by atoms with van der Waals surface area (Å²) in [5.74, 6) is -0.824. The minimum atomic E-state index is -0.484. The van der Waals surface area contributed by atoms with Gasteiger partial charge in [-0.2, -0.15) is 0 Å². The molecule has 0 atom stereocenters. The van der Waals surface area contributed by atoms with E-state index in [1.807, 2.05) is 0 Å². The molecule has 0 fully saturated rings. The zero-order chi connectivity index (χ0) is 10.0. The van der Waals surface area contributed by atoms with Crippen molar-refractivity contribution in [1.29, 1.82) is 0 Å². The number of aromatic hydroxyl groups is 2. The molecular weight excluding hydrogens is 174 g/mol. The minimum Gasteiger partial charge on any atom is -0.504 e. The van der Waals surface area contributed by atoms with Gasteiger partial charge in [0, 0.05) is 6.07 Å². The normalized spacial score (nSPS) is 9.69. The van der Waals surface area contributed by atoms with Gasteiger partial charge in [0.25, 0.3) is 4.92 Å². The Morgan fingerprint density at radius 2 is 2.00 bits per heavy atom. The monoisotopic (exact) mass is 184 g/mol. The van der Waals surface area contributed by atoms with Crippen LogP contribution in [0.2, 0.25) is 0 Å². The number of rotatable bonds is 2. The maximum Gasteiger partial charge on any atom is 0.362 e. The molecule has 0 amide bonds. The second-order valence-electron chi connectivity index (χ2n) is 2.59. The highest BCUT2D eigenvalue weighted by atomic mass is 16.8. The second kappa shape index (κ2) is 3.30. The van der Waals surface area contributed by atoms with E-state index in [-0.39, 0.29) is 16.4 Å². The molecule has 0 bridgehead atoms. The lowest BCUT2D eigenvalue weighted by atomic mass is 10.2. The molecule has 13 heavy (non-hydrogen) atoms. The Morgan fingerprint density at radius 3 is 2.54 bits per heavy atom. The zero-order valence-corrected chi connectivity index (χ0v) is 7.31. The van der Waals surface area contributed by atoms with Crippen molar-refractivity contribution < 1.29 is 20.0 Å². The average molecular weight is 184 g/mol. The van der Waals surface area contributed by atoms with Crippen LogP contribution in [0.1, 0.15) is 5.56 Å². The van der Waals surface area contributed by atoms with Crippen LogP contribution in [0.5, 0.6) is 11.5 Å². The maximum absolute atomic E-state index is 11.0. The Balaban J connectivity index is 3.28. The lowest BCUT2D eigenvalue weighted by molar-refractivity contribution is -0.737. The first-order valence-corrected chi connectivity index (χ1v) is 3.60. The molecule has 0 aromatic heterocycles. The summed E-state index contributed by atoms with van der Waals surface area (Å²) in [5.41, 5.74) is 0.545. The van der Waals surface area contributed by atoms with Gasteiger partial charge in [-0.25, -0.2) is 4.84 Å². The van der Waals surface area contributed by atoms with Gasteiger partial charge in [-0.05, 0) is 18.6 Å². The van der Waals surface area contributed by atoms with E-state index < -0.39 is 5.75 Å². The van der Waals surface area contributed by atoms with Crippen LogP contribution in [-0.2, 0) is 4.84 Å². The van der Waals surface area contributed by atoms with Gasteiger partial charge in [0.15, 0.2) is 12.9 Å². The van der Waals surface area contributed by atoms with E-state index >= 15 is 0 Å². The number of phenolic OH excluding ortho intramolecular Hbond substituents is 2. The van der Waals surface area contributed by atoms with E-state index in [4.69, 9.17) is 5.11 Å². The summed E-state index contributed by atoms with van der Waals surface area (Å²) in [6.45, 7) is 1.69. The summed E-state index contributed by atoms with van der Waals surface area (Å²) in [4.78, 5) is 15.4. The topological polar surface area (TPSA) is 69.8 Å². The van der Waals surface area contributed by atoms with Crippen molar-refractivity contribution in [3.63, 3.8) is 0 Å². The van der Waals surface area contributed by atoms with Crippen LogP contribution in [0, 0.1) is 11.8 Å². The van der Waals surface area contributed by atoms with Crippen molar-refractivity contribution in [2.45, 2.75) is 6.92 Å². The Bertz CT molecular complexity index is 348. The van der Waals surface area contributed by atoms with E-state index in [2.05, 4.69) is 4.84 Å². The average Bonchev–Trinajstić information content (AvgIpc) is 2.10. The number of hydrogen-bond acceptors (Lipinski definition) is 4. The molecule has 0 spiro atoms.